The fraction of sp³-hybridized carbons (Fsp3) is 0.224. The van der Waals surface area contributed by atoms with Crippen LogP contribution in [0, 0.1) is 5.92 Å². The Morgan fingerprint density at radius 2 is 0.771 bits per heavy atom. The zero-order chi connectivity index (χ0) is 60.9. The summed E-state index contributed by atoms with van der Waals surface area (Å²) in [5.74, 6) is -4.41. The molecule has 5 rings (SSSR count). The zero-order valence-electron chi connectivity index (χ0n) is 47.6. The molecule has 5 aromatic carbocycles. The summed E-state index contributed by atoms with van der Waals surface area (Å²) in [5, 5.41) is 0. The molecule has 0 aliphatic rings. The lowest BCUT2D eigenvalue weighted by molar-refractivity contribution is -0.144. The first-order valence-electron chi connectivity index (χ1n) is 26.2. The number of ether oxygens (including phenoxy) is 7. The molecule has 16 nitrogen and oxygen atoms in total. The van der Waals surface area contributed by atoms with Crippen molar-refractivity contribution in [3.05, 3.63) is 211 Å². The van der Waals surface area contributed by atoms with E-state index in [0.717, 1.165) is 16.7 Å². The maximum Gasteiger partial charge on any atom is 0.339 e. The third-order valence-corrected chi connectivity index (χ3v) is 12.2. The normalized spacial score (nSPS) is 11.1. The highest BCUT2D eigenvalue weighted by Gasteiger charge is 2.22. The standard InChI is InChI=1S/C67H67NO15/c1-41(2)61(70)77-33-31-68(32-34-78-62(71)42(3)4)60(69)56-37-54(52-21-27-58(28-22-52)82-65(74)45(9)10)36-55(38-56)53-23-29-59(30-24-53)83-67(76)47(12)14-13-46(11)66(75)80-40-49(39-79-63(72)43(5)6)35-48-15-17-50(18-16-48)51-19-25-57(26-20-51)81-64(73)44(7)8/h13,15-30,36-38,49H,1,3,5,7,9,12,14,31-35,39-40H2,2,4,6,8,10-11H3/b46-13-. The van der Waals surface area contributed by atoms with E-state index in [1.165, 1.54) is 45.6 Å². The van der Waals surface area contributed by atoms with Gasteiger partial charge in [-0.2, -0.15) is 0 Å². The number of carbonyl (C=O) groups is 8. The predicted octanol–water partition coefficient (Wildman–Crippen LogP) is 11.7. The van der Waals surface area contributed by atoms with Crippen LogP contribution in [0.3, 0.4) is 0 Å². The second kappa shape index (κ2) is 30.6. The maximum atomic E-state index is 14.4. The number of allylic oxidation sites excluding steroid dienone is 1. The molecular weight excluding hydrogens is 1060 g/mol. The van der Waals surface area contributed by atoms with E-state index in [9.17, 15) is 38.4 Å². The number of nitrogens with zero attached hydrogens (tertiary/aromatic N) is 1. The summed E-state index contributed by atoms with van der Waals surface area (Å²) in [6.07, 6.45) is 1.85. The van der Waals surface area contributed by atoms with Crippen molar-refractivity contribution in [1.29, 1.82) is 0 Å². The van der Waals surface area contributed by atoms with Crippen molar-refractivity contribution in [2.24, 2.45) is 5.92 Å². The van der Waals surface area contributed by atoms with Crippen LogP contribution in [0.15, 0.2) is 200 Å². The van der Waals surface area contributed by atoms with Crippen molar-refractivity contribution in [1.82, 2.24) is 4.90 Å². The van der Waals surface area contributed by atoms with Gasteiger partial charge in [0.05, 0.1) is 26.3 Å². The van der Waals surface area contributed by atoms with Crippen molar-refractivity contribution in [3.8, 4) is 50.6 Å². The Morgan fingerprint density at radius 3 is 1.17 bits per heavy atom. The predicted molar refractivity (Wildman–Crippen MR) is 315 cm³/mol. The van der Waals surface area contributed by atoms with E-state index in [1.807, 2.05) is 42.5 Å². The van der Waals surface area contributed by atoms with E-state index < -0.39 is 53.6 Å². The van der Waals surface area contributed by atoms with Crippen LogP contribution in [0.5, 0.6) is 17.2 Å². The highest BCUT2D eigenvalue weighted by atomic mass is 16.6. The Morgan fingerprint density at radius 1 is 0.422 bits per heavy atom. The third kappa shape index (κ3) is 20.0. The van der Waals surface area contributed by atoms with Crippen LogP contribution in [0.2, 0.25) is 0 Å². The molecule has 1 atom stereocenters. The molecule has 0 spiro atoms. The van der Waals surface area contributed by atoms with E-state index >= 15 is 0 Å². The van der Waals surface area contributed by atoms with Crippen molar-refractivity contribution in [3.63, 3.8) is 0 Å². The molecule has 1 unspecified atom stereocenters. The summed E-state index contributed by atoms with van der Waals surface area (Å²) in [4.78, 5) is 103. The Bertz CT molecular complexity index is 3330. The quantitative estimate of drug-likeness (QED) is 0.0198. The summed E-state index contributed by atoms with van der Waals surface area (Å²) in [5.41, 5.74) is 6.72. The van der Waals surface area contributed by atoms with Crippen molar-refractivity contribution in [2.45, 2.75) is 54.4 Å². The van der Waals surface area contributed by atoms with E-state index in [4.69, 9.17) is 33.2 Å². The van der Waals surface area contributed by atoms with Gasteiger partial charge >= 0.3 is 41.8 Å². The Hall–Kier alpha value is -9.96. The van der Waals surface area contributed by atoms with E-state index in [2.05, 4.69) is 39.5 Å². The van der Waals surface area contributed by atoms with Gasteiger partial charge in [-0.15, -0.1) is 0 Å². The first-order chi connectivity index (χ1) is 39.4. The van der Waals surface area contributed by atoms with Crippen molar-refractivity contribution >= 4 is 47.7 Å². The van der Waals surface area contributed by atoms with Gasteiger partial charge in [0.15, 0.2) is 0 Å². The van der Waals surface area contributed by atoms with Gasteiger partial charge in [-0.1, -0.05) is 106 Å². The van der Waals surface area contributed by atoms with E-state index in [-0.39, 0.29) is 102 Å². The van der Waals surface area contributed by atoms with Crippen molar-refractivity contribution < 1.29 is 71.5 Å². The maximum absolute atomic E-state index is 14.4. The minimum Gasteiger partial charge on any atom is -0.462 e. The SMILES string of the molecule is C=C(C)C(=O)OCCN(CCOC(=O)C(=C)C)C(=O)c1cc(-c2ccc(OC(=O)C(=C)C)cc2)cc(-c2ccc(OC(=O)C(=C)C/C=C(/C)C(=O)OCC(COC(=O)C(=C)C)Cc3ccc(-c4ccc(OC(=O)C(=C)C)cc4)cc3)cc2)c1. The summed E-state index contributed by atoms with van der Waals surface area (Å²) in [6, 6.07) is 33.1. The van der Waals surface area contributed by atoms with Crippen LogP contribution in [-0.2, 0) is 58.9 Å². The van der Waals surface area contributed by atoms with Gasteiger partial charge in [-0.25, -0.2) is 33.6 Å². The molecule has 0 aliphatic carbocycles. The number of esters is 7. The molecule has 0 aliphatic heterocycles. The highest BCUT2D eigenvalue weighted by Crippen LogP contribution is 2.32. The molecule has 430 valence electrons. The van der Waals surface area contributed by atoms with Crippen LogP contribution in [0.25, 0.3) is 33.4 Å². The topological polar surface area (TPSA) is 204 Å². The second-order valence-corrected chi connectivity index (χ2v) is 19.7. The molecule has 0 fully saturated rings. The summed E-state index contributed by atoms with van der Waals surface area (Å²) < 4.78 is 38.1. The lowest BCUT2D eigenvalue weighted by Crippen LogP contribution is -2.37. The second-order valence-electron chi connectivity index (χ2n) is 19.7. The van der Waals surface area contributed by atoms with Gasteiger partial charge in [0.2, 0.25) is 0 Å². The number of carbonyl (C=O) groups excluding carboxylic acids is 8. The minimum absolute atomic E-state index is 0.0426. The van der Waals surface area contributed by atoms with Crippen molar-refractivity contribution in [2.75, 3.05) is 39.5 Å². The monoisotopic (exact) mass is 1130 g/mol. The average Bonchev–Trinajstić information content (AvgIpc) is 3.61. The van der Waals surface area contributed by atoms with Crippen LogP contribution in [-0.4, -0.2) is 92.1 Å². The fourth-order valence-electron chi connectivity index (χ4n) is 7.44. The van der Waals surface area contributed by atoms with Crippen LogP contribution < -0.4 is 14.2 Å². The summed E-state index contributed by atoms with van der Waals surface area (Å²) >= 11 is 0. The van der Waals surface area contributed by atoms with E-state index in [1.54, 1.807) is 79.7 Å². The van der Waals surface area contributed by atoms with Gasteiger partial charge in [0, 0.05) is 50.5 Å². The molecule has 83 heavy (non-hydrogen) atoms. The highest BCUT2D eigenvalue weighted by molar-refractivity contribution is 5.98. The van der Waals surface area contributed by atoms with Crippen LogP contribution in [0.1, 0.15) is 63.9 Å². The number of rotatable bonds is 28. The first-order valence-corrected chi connectivity index (χ1v) is 26.2. The van der Waals surface area contributed by atoms with Gasteiger partial charge in [-0.05, 0) is 148 Å². The van der Waals surface area contributed by atoms with E-state index in [0.29, 0.717) is 34.4 Å². The minimum atomic E-state index is -0.753. The molecule has 0 bridgehead atoms. The number of hydrogen-bond donors (Lipinski definition) is 0. The molecule has 0 heterocycles. The fourth-order valence-corrected chi connectivity index (χ4v) is 7.44. The number of hydrogen-bond acceptors (Lipinski definition) is 15. The lowest BCUT2D eigenvalue weighted by Gasteiger charge is -2.23. The lowest BCUT2D eigenvalue weighted by atomic mass is 9.95. The van der Waals surface area contributed by atoms with Gasteiger partial charge in [-0.3, -0.25) is 4.79 Å². The molecule has 0 saturated carbocycles. The van der Waals surface area contributed by atoms with Crippen LogP contribution >= 0.6 is 0 Å². The third-order valence-electron chi connectivity index (χ3n) is 12.2. The van der Waals surface area contributed by atoms with Gasteiger partial charge in [0.25, 0.3) is 5.91 Å². The number of benzene rings is 5. The van der Waals surface area contributed by atoms with Gasteiger partial charge in [0.1, 0.15) is 30.5 Å². The molecule has 0 radical (unpaired) electrons. The first kappa shape index (κ1) is 63.9. The summed E-state index contributed by atoms with van der Waals surface area (Å²) in [7, 11) is 0. The van der Waals surface area contributed by atoms with Gasteiger partial charge < -0.3 is 38.1 Å². The molecule has 0 aromatic heterocycles. The molecular formula is C67H67NO15. The molecule has 5 aromatic rings. The average molecular weight is 1130 g/mol. The Labute approximate surface area is 483 Å². The Kier molecular flexibility index (Phi) is 23.5. The van der Waals surface area contributed by atoms with Crippen LogP contribution in [0.4, 0.5) is 0 Å². The molecule has 0 N–H and O–H groups in total. The zero-order valence-corrected chi connectivity index (χ0v) is 47.6. The number of amides is 1. The molecule has 0 saturated heterocycles. The molecule has 16 heteroatoms. The molecule has 1 amide bonds. The summed E-state index contributed by atoms with van der Waals surface area (Å²) in [6.45, 7) is 30.5. The Balaban J connectivity index is 1.27. The smallest absolute Gasteiger partial charge is 0.339 e. The largest absolute Gasteiger partial charge is 0.462 e.